The summed E-state index contributed by atoms with van der Waals surface area (Å²) in [4.78, 5) is 7.33. The molecule has 106 valence electrons. The van der Waals surface area contributed by atoms with Crippen molar-refractivity contribution >= 4 is 5.95 Å². The molecule has 2 atom stereocenters. The molecule has 3 heterocycles. The van der Waals surface area contributed by atoms with Crippen LogP contribution in [0.2, 0.25) is 0 Å². The van der Waals surface area contributed by atoms with Gasteiger partial charge in [0.2, 0.25) is 5.95 Å². The molecule has 2 aliphatic rings. The van der Waals surface area contributed by atoms with E-state index in [1.54, 1.807) is 0 Å². The average molecular weight is 262 g/mol. The van der Waals surface area contributed by atoms with Crippen molar-refractivity contribution in [3.8, 4) is 0 Å². The van der Waals surface area contributed by atoms with Gasteiger partial charge in [0, 0.05) is 31.4 Å². The zero-order valence-electron chi connectivity index (χ0n) is 12.2. The van der Waals surface area contributed by atoms with Crippen LogP contribution in [-0.2, 0) is 6.54 Å². The summed E-state index contributed by atoms with van der Waals surface area (Å²) in [6, 6.07) is 1.33. The van der Waals surface area contributed by atoms with Crippen molar-refractivity contribution in [2.45, 2.75) is 64.6 Å². The van der Waals surface area contributed by atoms with Gasteiger partial charge < -0.3 is 9.88 Å². The topological polar surface area (TPSA) is 33.1 Å². The van der Waals surface area contributed by atoms with Crippen LogP contribution >= 0.6 is 0 Å². The van der Waals surface area contributed by atoms with Crippen LogP contribution in [0.4, 0.5) is 5.95 Å². The molecule has 3 rings (SSSR count). The Bertz CT molecular complexity index is 426. The van der Waals surface area contributed by atoms with E-state index in [-0.39, 0.29) is 0 Å². The summed E-state index contributed by atoms with van der Waals surface area (Å²) in [5, 5.41) is 3.72. The molecule has 2 saturated heterocycles. The SMILES string of the molecule is CCCn1cc(C)nc1NC1CCN2CCCCC12. The first kappa shape index (κ1) is 13.0. The van der Waals surface area contributed by atoms with Gasteiger partial charge in [0.1, 0.15) is 0 Å². The molecule has 4 nitrogen and oxygen atoms in total. The molecule has 1 aromatic rings. The monoisotopic (exact) mass is 262 g/mol. The molecule has 0 saturated carbocycles. The summed E-state index contributed by atoms with van der Waals surface area (Å²) in [7, 11) is 0. The van der Waals surface area contributed by atoms with Gasteiger partial charge in [0.25, 0.3) is 0 Å². The fourth-order valence-corrected chi connectivity index (χ4v) is 3.65. The molecule has 2 aliphatic heterocycles. The van der Waals surface area contributed by atoms with E-state index in [0.717, 1.165) is 30.6 Å². The lowest BCUT2D eigenvalue weighted by molar-refractivity contribution is 0.192. The molecule has 0 aromatic carbocycles. The van der Waals surface area contributed by atoms with Gasteiger partial charge in [-0.25, -0.2) is 4.98 Å². The molecule has 1 aromatic heterocycles. The first-order valence-electron chi connectivity index (χ1n) is 7.82. The molecule has 19 heavy (non-hydrogen) atoms. The summed E-state index contributed by atoms with van der Waals surface area (Å²) in [5.74, 6) is 1.08. The van der Waals surface area contributed by atoms with Crippen molar-refractivity contribution in [3.05, 3.63) is 11.9 Å². The van der Waals surface area contributed by atoms with E-state index in [1.807, 2.05) is 0 Å². The molecule has 0 bridgehead atoms. The number of anilines is 1. The summed E-state index contributed by atoms with van der Waals surface area (Å²) in [6.07, 6.45) is 8.71. The van der Waals surface area contributed by atoms with E-state index in [2.05, 4.69) is 39.8 Å². The summed E-state index contributed by atoms with van der Waals surface area (Å²) >= 11 is 0. The number of hydrogen-bond donors (Lipinski definition) is 1. The minimum atomic E-state index is 0.595. The lowest BCUT2D eigenvalue weighted by Gasteiger charge is -2.32. The van der Waals surface area contributed by atoms with Gasteiger partial charge in [-0.1, -0.05) is 13.3 Å². The maximum absolute atomic E-state index is 4.66. The maximum atomic E-state index is 4.66. The van der Waals surface area contributed by atoms with Gasteiger partial charge in [0.15, 0.2) is 0 Å². The van der Waals surface area contributed by atoms with Gasteiger partial charge in [-0.3, -0.25) is 4.90 Å². The third-order valence-corrected chi connectivity index (χ3v) is 4.53. The van der Waals surface area contributed by atoms with Crippen LogP contribution in [0.5, 0.6) is 0 Å². The van der Waals surface area contributed by atoms with Gasteiger partial charge in [-0.15, -0.1) is 0 Å². The molecular formula is C15H26N4. The number of nitrogens with zero attached hydrogens (tertiary/aromatic N) is 3. The Balaban J connectivity index is 1.70. The van der Waals surface area contributed by atoms with E-state index in [4.69, 9.17) is 0 Å². The van der Waals surface area contributed by atoms with Crippen LogP contribution in [0, 0.1) is 6.92 Å². The number of aryl methyl sites for hydroxylation is 2. The van der Waals surface area contributed by atoms with Crippen LogP contribution in [0.1, 0.15) is 44.7 Å². The quantitative estimate of drug-likeness (QED) is 0.905. The second kappa shape index (κ2) is 5.53. The van der Waals surface area contributed by atoms with Crippen LogP contribution in [-0.4, -0.2) is 39.6 Å². The number of hydrogen-bond acceptors (Lipinski definition) is 3. The minimum absolute atomic E-state index is 0.595. The predicted molar refractivity (Wildman–Crippen MR) is 78.5 cm³/mol. The fraction of sp³-hybridized carbons (Fsp3) is 0.800. The third kappa shape index (κ3) is 2.64. The number of fused-ring (bicyclic) bond motifs is 1. The highest BCUT2D eigenvalue weighted by atomic mass is 15.3. The lowest BCUT2D eigenvalue weighted by Crippen LogP contribution is -2.42. The van der Waals surface area contributed by atoms with Crippen LogP contribution in [0.15, 0.2) is 6.20 Å². The Hall–Kier alpha value is -1.03. The van der Waals surface area contributed by atoms with Crippen LogP contribution in [0.3, 0.4) is 0 Å². The van der Waals surface area contributed by atoms with Crippen molar-refractivity contribution in [1.29, 1.82) is 0 Å². The van der Waals surface area contributed by atoms with Gasteiger partial charge in [-0.05, 0) is 39.2 Å². The third-order valence-electron chi connectivity index (χ3n) is 4.53. The van der Waals surface area contributed by atoms with Crippen molar-refractivity contribution < 1.29 is 0 Å². The normalized spacial score (nSPS) is 27.5. The van der Waals surface area contributed by atoms with E-state index >= 15 is 0 Å². The molecule has 2 unspecified atom stereocenters. The van der Waals surface area contributed by atoms with Crippen molar-refractivity contribution in [3.63, 3.8) is 0 Å². The van der Waals surface area contributed by atoms with Gasteiger partial charge >= 0.3 is 0 Å². The molecule has 0 amide bonds. The first-order valence-corrected chi connectivity index (χ1v) is 7.82. The Morgan fingerprint density at radius 1 is 1.32 bits per heavy atom. The van der Waals surface area contributed by atoms with E-state index in [1.165, 1.54) is 38.8 Å². The zero-order valence-corrected chi connectivity index (χ0v) is 12.2. The highest BCUT2D eigenvalue weighted by molar-refractivity contribution is 5.31. The Morgan fingerprint density at radius 3 is 3.05 bits per heavy atom. The molecular weight excluding hydrogens is 236 g/mol. The van der Waals surface area contributed by atoms with E-state index in [0.29, 0.717) is 6.04 Å². The maximum Gasteiger partial charge on any atom is 0.203 e. The van der Waals surface area contributed by atoms with Crippen molar-refractivity contribution in [2.24, 2.45) is 0 Å². The molecule has 0 radical (unpaired) electrons. The summed E-state index contributed by atoms with van der Waals surface area (Å²) in [5.41, 5.74) is 1.12. The number of imidazole rings is 1. The molecule has 0 aliphatic carbocycles. The lowest BCUT2D eigenvalue weighted by atomic mass is 9.99. The average Bonchev–Trinajstić information content (AvgIpc) is 2.96. The number of piperidine rings is 1. The second-order valence-electron chi connectivity index (χ2n) is 6.04. The fourth-order valence-electron chi connectivity index (χ4n) is 3.65. The largest absolute Gasteiger partial charge is 0.351 e. The number of nitrogens with one attached hydrogen (secondary N) is 1. The van der Waals surface area contributed by atoms with Crippen molar-refractivity contribution in [2.75, 3.05) is 18.4 Å². The predicted octanol–water partition coefficient (Wildman–Crippen LogP) is 2.64. The molecule has 4 heteroatoms. The summed E-state index contributed by atoms with van der Waals surface area (Å²) < 4.78 is 2.28. The first-order chi connectivity index (χ1) is 9.28. The zero-order chi connectivity index (χ0) is 13.2. The summed E-state index contributed by atoms with van der Waals surface area (Å²) in [6.45, 7) is 7.92. The Morgan fingerprint density at radius 2 is 2.21 bits per heavy atom. The second-order valence-corrected chi connectivity index (χ2v) is 6.04. The molecule has 2 fully saturated rings. The van der Waals surface area contributed by atoms with Crippen molar-refractivity contribution in [1.82, 2.24) is 14.5 Å². The smallest absolute Gasteiger partial charge is 0.203 e. The van der Waals surface area contributed by atoms with Crippen LogP contribution < -0.4 is 5.32 Å². The number of aromatic nitrogens is 2. The standard InChI is InChI=1S/C15H26N4/c1-3-8-19-11-12(2)16-15(19)17-13-7-10-18-9-5-4-6-14(13)18/h11,13-14H,3-10H2,1-2H3,(H,16,17). The van der Waals surface area contributed by atoms with Gasteiger partial charge in [-0.2, -0.15) is 0 Å². The highest BCUT2D eigenvalue weighted by Gasteiger charge is 2.35. The Kier molecular flexibility index (Phi) is 3.78. The molecule has 0 spiro atoms. The number of rotatable bonds is 4. The molecule has 1 N–H and O–H groups in total. The van der Waals surface area contributed by atoms with E-state index in [9.17, 15) is 0 Å². The Labute approximate surface area is 116 Å². The van der Waals surface area contributed by atoms with E-state index < -0.39 is 0 Å². The van der Waals surface area contributed by atoms with Crippen LogP contribution in [0.25, 0.3) is 0 Å². The highest BCUT2D eigenvalue weighted by Crippen LogP contribution is 2.29. The van der Waals surface area contributed by atoms with Gasteiger partial charge in [0.05, 0.1) is 5.69 Å². The minimum Gasteiger partial charge on any atom is -0.351 e.